The van der Waals surface area contributed by atoms with Gasteiger partial charge in [-0.2, -0.15) is 13.2 Å². The summed E-state index contributed by atoms with van der Waals surface area (Å²) in [5, 5.41) is 8.80. The molecule has 19 heavy (non-hydrogen) atoms. The molecule has 1 rings (SSSR count). The largest absolute Gasteiger partial charge is 0.480 e. The molecule has 1 heterocycles. The first-order valence-corrected chi connectivity index (χ1v) is 5.70. The summed E-state index contributed by atoms with van der Waals surface area (Å²) in [5.74, 6) is -0.985. The van der Waals surface area contributed by atoms with Crippen LogP contribution in [0.5, 0.6) is 0 Å². The average molecular weight is 276 g/mol. The Hall–Kier alpha value is -1.79. The minimum absolute atomic E-state index is 0.0194. The SMILES string of the molecule is CC(C)CN(CC(=O)O)c1cc(C(F)(F)F)ccn1. The van der Waals surface area contributed by atoms with Crippen molar-refractivity contribution in [2.24, 2.45) is 5.92 Å². The van der Waals surface area contributed by atoms with E-state index in [4.69, 9.17) is 5.11 Å². The molecule has 0 amide bonds. The minimum Gasteiger partial charge on any atom is -0.480 e. The molecule has 0 aliphatic rings. The highest BCUT2D eigenvalue weighted by atomic mass is 19.4. The number of carbonyl (C=O) groups is 1. The summed E-state index contributed by atoms with van der Waals surface area (Å²) in [4.78, 5) is 15.9. The minimum atomic E-state index is -4.47. The maximum Gasteiger partial charge on any atom is 0.416 e. The number of aromatic nitrogens is 1. The van der Waals surface area contributed by atoms with E-state index < -0.39 is 17.7 Å². The smallest absolute Gasteiger partial charge is 0.416 e. The van der Waals surface area contributed by atoms with Gasteiger partial charge in [0, 0.05) is 12.7 Å². The van der Waals surface area contributed by atoms with Gasteiger partial charge < -0.3 is 10.0 Å². The molecule has 0 aliphatic carbocycles. The molecule has 0 bridgehead atoms. The zero-order chi connectivity index (χ0) is 14.6. The molecule has 0 radical (unpaired) electrons. The van der Waals surface area contributed by atoms with E-state index in [9.17, 15) is 18.0 Å². The van der Waals surface area contributed by atoms with Crippen LogP contribution in [-0.2, 0) is 11.0 Å². The Balaban J connectivity index is 3.04. The number of pyridine rings is 1. The summed E-state index contributed by atoms with van der Waals surface area (Å²) in [6.45, 7) is 3.64. The number of hydrogen-bond donors (Lipinski definition) is 1. The summed E-state index contributed by atoms with van der Waals surface area (Å²) in [6.07, 6.45) is -3.43. The lowest BCUT2D eigenvalue weighted by Gasteiger charge is -2.24. The second-order valence-corrected chi connectivity index (χ2v) is 4.57. The third-order valence-electron chi connectivity index (χ3n) is 2.31. The number of rotatable bonds is 5. The van der Waals surface area contributed by atoms with Gasteiger partial charge in [0.2, 0.25) is 0 Å². The Labute approximate surface area is 108 Å². The Kier molecular flexibility index (Phi) is 4.74. The molecule has 1 aromatic heterocycles. The lowest BCUT2D eigenvalue weighted by Crippen LogP contribution is -2.33. The number of carboxylic acid groups (broad SMARTS) is 1. The molecule has 0 aliphatic heterocycles. The van der Waals surface area contributed by atoms with E-state index in [1.54, 1.807) is 0 Å². The van der Waals surface area contributed by atoms with E-state index in [1.165, 1.54) is 4.90 Å². The second-order valence-electron chi connectivity index (χ2n) is 4.57. The quantitative estimate of drug-likeness (QED) is 0.898. The Morgan fingerprint density at radius 1 is 1.47 bits per heavy atom. The number of hydrogen-bond acceptors (Lipinski definition) is 3. The number of alkyl halides is 3. The monoisotopic (exact) mass is 276 g/mol. The van der Waals surface area contributed by atoms with Gasteiger partial charge in [-0.05, 0) is 18.1 Å². The molecule has 0 saturated heterocycles. The molecular formula is C12H15F3N2O2. The topological polar surface area (TPSA) is 53.4 Å². The fourth-order valence-corrected chi connectivity index (χ4v) is 1.61. The number of carboxylic acids is 1. The average Bonchev–Trinajstić information content (AvgIpc) is 2.26. The van der Waals surface area contributed by atoms with E-state index in [-0.39, 0.29) is 18.3 Å². The van der Waals surface area contributed by atoms with E-state index >= 15 is 0 Å². The number of anilines is 1. The number of nitrogens with zero attached hydrogens (tertiary/aromatic N) is 2. The van der Waals surface area contributed by atoms with Crippen LogP contribution in [0.15, 0.2) is 18.3 Å². The Bertz CT molecular complexity index is 447. The lowest BCUT2D eigenvalue weighted by molar-refractivity contribution is -0.137. The molecule has 0 atom stereocenters. The first kappa shape index (κ1) is 15.3. The van der Waals surface area contributed by atoms with Gasteiger partial charge in [-0.1, -0.05) is 13.8 Å². The van der Waals surface area contributed by atoms with Crippen LogP contribution in [-0.4, -0.2) is 29.1 Å². The third kappa shape index (κ3) is 4.76. The van der Waals surface area contributed by atoms with Gasteiger partial charge in [-0.3, -0.25) is 4.79 Å². The van der Waals surface area contributed by atoms with Gasteiger partial charge in [-0.25, -0.2) is 4.98 Å². The predicted molar refractivity (Wildman–Crippen MR) is 63.9 cm³/mol. The Morgan fingerprint density at radius 3 is 2.58 bits per heavy atom. The fourth-order valence-electron chi connectivity index (χ4n) is 1.61. The third-order valence-corrected chi connectivity index (χ3v) is 2.31. The van der Waals surface area contributed by atoms with Gasteiger partial charge in [0.1, 0.15) is 12.4 Å². The summed E-state index contributed by atoms with van der Waals surface area (Å²) in [6, 6.07) is 1.73. The molecule has 4 nitrogen and oxygen atoms in total. The van der Waals surface area contributed by atoms with Crippen LogP contribution in [0.4, 0.5) is 19.0 Å². The standard InChI is InChI=1S/C12H15F3N2O2/c1-8(2)6-17(7-11(18)19)10-5-9(3-4-16-10)12(13,14)15/h3-5,8H,6-7H2,1-2H3,(H,18,19). The van der Waals surface area contributed by atoms with Gasteiger partial charge in [0.25, 0.3) is 0 Å². The van der Waals surface area contributed by atoms with Crippen LogP contribution in [0, 0.1) is 5.92 Å². The summed E-state index contributed by atoms with van der Waals surface area (Å²) < 4.78 is 37.8. The molecule has 0 aromatic carbocycles. The summed E-state index contributed by atoms with van der Waals surface area (Å²) in [5.41, 5.74) is -0.836. The fraction of sp³-hybridized carbons (Fsp3) is 0.500. The van der Waals surface area contributed by atoms with Crippen LogP contribution in [0.25, 0.3) is 0 Å². The van der Waals surface area contributed by atoms with Crippen molar-refractivity contribution < 1.29 is 23.1 Å². The summed E-state index contributed by atoms with van der Waals surface area (Å²) in [7, 11) is 0. The van der Waals surface area contributed by atoms with Crippen molar-refractivity contribution >= 4 is 11.8 Å². The van der Waals surface area contributed by atoms with Crippen LogP contribution in [0.1, 0.15) is 19.4 Å². The van der Waals surface area contributed by atoms with Crippen molar-refractivity contribution in [3.63, 3.8) is 0 Å². The van der Waals surface area contributed by atoms with Crippen molar-refractivity contribution in [3.8, 4) is 0 Å². The highest BCUT2D eigenvalue weighted by molar-refractivity contribution is 5.73. The molecule has 0 saturated carbocycles. The van der Waals surface area contributed by atoms with Gasteiger partial charge in [-0.15, -0.1) is 0 Å². The van der Waals surface area contributed by atoms with E-state index in [0.717, 1.165) is 18.3 Å². The molecule has 0 fully saturated rings. The van der Waals surface area contributed by atoms with Gasteiger partial charge in [0.05, 0.1) is 5.56 Å². The zero-order valence-corrected chi connectivity index (χ0v) is 10.6. The first-order valence-electron chi connectivity index (χ1n) is 5.70. The van der Waals surface area contributed by atoms with Crippen LogP contribution >= 0.6 is 0 Å². The van der Waals surface area contributed by atoms with Crippen molar-refractivity contribution in [1.29, 1.82) is 0 Å². The number of halogens is 3. The lowest BCUT2D eigenvalue weighted by atomic mass is 10.2. The van der Waals surface area contributed by atoms with Crippen molar-refractivity contribution in [2.75, 3.05) is 18.0 Å². The Morgan fingerprint density at radius 2 is 2.11 bits per heavy atom. The highest BCUT2D eigenvalue weighted by Crippen LogP contribution is 2.30. The van der Waals surface area contributed by atoms with Gasteiger partial charge in [0.15, 0.2) is 0 Å². The normalized spacial score (nSPS) is 11.7. The molecule has 106 valence electrons. The first-order chi connectivity index (χ1) is 8.70. The predicted octanol–water partition coefficient (Wildman–Crippen LogP) is 2.65. The summed E-state index contributed by atoms with van der Waals surface area (Å²) >= 11 is 0. The van der Waals surface area contributed by atoms with Crippen LogP contribution in [0.2, 0.25) is 0 Å². The molecule has 0 unspecified atom stereocenters. The van der Waals surface area contributed by atoms with Crippen LogP contribution in [0.3, 0.4) is 0 Å². The maximum atomic E-state index is 12.6. The number of aliphatic carboxylic acids is 1. The molecule has 7 heteroatoms. The van der Waals surface area contributed by atoms with Crippen molar-refractivity contribution in [3.05, 3.63) is 23.9 Å². The van der Waals surface area contributed by atoms with Gasteiger partial charge >= 0.3 is 12.1 Å². The maximum absolute atomic E-state index is 12.6. The van der Waals surface area contributed by atoms with E-state index in [1.807, 2.05) is 13.8 Å². The van der Waals surface area contributed by atoms with Crippen molar-refractivity contribution in [1.82, 2.24) is 4.98 Å². The molecule has 1 aromatic rings. The second kappa shape index (κ2) is 5.90. The van der Waals surface area contributed by atoms with Crippen LogP contribution < -0.4 is 4.90 Å². The molecule has 1 N–H and O–H groups in total. The molecule has 0 spiro atoms. The molecular weight excluding hydrogens is 261 g/mol. The zero-order valence-electron chi connectivity index (χ0n) is 10.6. The highest BCUT2D eigenvalue weighted by Gasteiger charge is 2.31. The van der Waals surface area contributed by atoms with E-state index in [0.29, 0.717) is 6.54 Å². The van der Waals surface area contributed by atoms with E-state index in [2.05, 4.69) is 4.98 Å². The van der Waals surface area contributed by atoms with Crippen molar-refractivity contribution in [2.45, 2.75) is 20.0 Å².